The highest BCUT2D eigenvalue weighted by Crippen LogP contribution is 2.39. The van der Waals surface area contributed by atoms with Crippen molar-refractivity contribution in [2.45, 2.75) is 18.7 Å². The normalized spacial score (nSPS) is 15.7. The van der Waals surface area contributed by atoms with Crippen molar-refractivity contribution in [3.8, 4) is 6.07 Å². The smallest absolute Gasteiger partial charge is 0.220 e. The number of fused-ring (bicyclic) bond motifs is 1. The van der Waals surface area contributed by atoms with Gasteiger partial charge in [-0.05, 0) is 49.2 Å². The number of nitrogens with zero attached hydrogens (tertiary/aromatic N) is 2. The molecule has 0 fully saturated rings. The molecule has 0 aliphatic carbocycles. The lowest BCUT2D eigenvalue weighted by Gasteiger charge is -2.28. The van der Waals surface area contributed by atoms with Crippen LogP contribution in [0.25, 0.3) is 0 Å². The third-order valence-corrected chi connectivity index (χ3v) is 5.24. The van der Waals surface area contributed by atoms with Gasteiger partial charge < -0.3 is 4.90 Å². The van der Waals surface area contributed by atoms with E-state index in [1.54, 1.807) is 29.2 Å². The van der Waals surface area contributed by atoms with Crippen LogP contribution in [0.2, 0.25) is 0 Å². The summed E-state index contributed by atoms with van der Waals surface area (Å²) in [5, 5.41) is 9.20. The first-order chi connectivity index (χ1) is 10.4. The monoisotopic (exact) mass is 310 g/mol. The van der Waals surface area contributed by atoms with Crippen LogP contribution in [0.1, 0.15) is 11.1 Å². The zero-order valence-corrected chi connectivity index (χ0v) is 13.1. The minimum Gasteiger partial charge on any atom is -0.314 e. The van der Waals surface area contributed by atoms with Crippen molar-refractivity contribution in [3.05, 3.63) is 64.7 Å². The molecule has 0 bridgehead atoms. The summed E-state index contributed by atoms with van der Waals surface area (Å²) >= 11 is 0. The third kappa shape index (κ3) is 2.18. The first-order valence-corrected chi connectivity index (χ1v) is 8.25. The summed E-state index contributed by atoms with van der Waals surface area (Å²) in [4.78, 5) is 1.67. The van der Waals surface area contributed by atoms with Crippen LogP contribution >= 0.6 is 0 Å². The molecule has 1 aliphatic heterocycles. The van der Waals surface area contributed by atoms with E-state index in [-0.39, 0.29) is 9.80 Å². The van der Waals surface area contributed by atoms with Gasteiger partial charge in [0.25, 0.3) is 0 Å². The van der Waals surface area contributed by atoms with E-state index in [1.165, 1.54) is 12.3 Å². The molecule has 0 unspecified atom stereocenters. The number of rotatable bonds is 1. The van der Waals surface area contributed by atoms with E-state index in [0.717, 1.165) is 16.8 Å². The number of anilines is 2. The molecule has 22 heavy (non-hydrogen) atoms. The standard InChI is InChI=1S/C17H14N2O2S/c1-12-7-13(2)9-14(8-12)19-11-15(10-18)22(20,21)17-6-4-3-5-16(17)19/h3-9,11H,1-2H3. The van der Waals surface area contributed by atoms with E-state index in [0.29, 0.717) is 5.69 Å². The molecule has 2 aromatic rings. The lowest BCUT2D eigenvalue weighted by Crippen LogP contribution is -2.21. The molecule has 0 saturated carbocycles. The Hall–Kier alpha value is -2.58. The Balaban J connectivity index is 2.30. The van der Waals surface area contributed by atoms with Gasteiger partial charge in [0.2, 0.25) is 9.84 Å². The van der Waals surface area contributed by atoms with Crippen LogP contribution < -0.4 is 4.90 Å². The van der Waals surface area contributed by atoms with Crippen molar-refractivity contribution in [2.75, 3.05) is 4.90 Å². The van der Waals surface area contributed by atoms with Crippen molar-refractivity contribution in [1.29, 1.82) is 5.26 Å². The second-order valence-electron chi connectivity index (χ2n) is 5.29. The summed E-state index contributed by atoms with van der Waals surface area (Å²) in [6.45, 7) is 3.97. The summed E-state index contributed by atoms with van der Waals surface area (Å²) in [7, 11) is -3.74. The van der Waals surface area contributed by atoms with Crippen LogP contribution in [-0.4, -0.2) is 8.42 Å². The summed E-state index contributed by atoms with van der Waals surface area (Å²) in [6.07, 6.45) is 1.39. The Labute approximate surface area is 129 Å². The largest absolute Gasteiger partial charge is 0.314 e. The molecule has 1 heterocycles. The molecule has 3 rings (SSSR count). The lowest BCUT2D eigenvalue weighted by atomic mass is 10.1. The molecule has 0 atom stereocenters. The Kier molecular flexibility index (Phi) is 3.27. The zero-order chi connectivity index (χ0) is 15.9. The van der Waals surface area contributed by atoms with E-state index in [1.807, 2.05) is 32.0 Å². The van der Waals surface area contributed by atoms with Crippen LogP contribution in [-0.2, 0) is 9.84 Å². The molecular formula is C17H14N2O2S. The van der Waals surface area contributed by atoms with Gasteiger partial charge in [-0.3, -0.25) is 0 Å². The third-order valence-electron chi connectivity index (χ3n) is 3.54. The molecule has 4 nitrogen and oxygen atoms in total. The number of hydrogen-bond donors (Lipinski definition) is 0. The predicted molar refractivity (Wildman–Crippen MR) is 85.4 cm³/mol. The number of benzene rings is 2. The van der Waals surface area contributed by atoms with Gasteiger partial charge in [-0.1, -0.05) is 18.2 Å². The van der Waals surface area contributed by atoms with Gasteiger partial charge in [-0.2, -0.15) is 5.26 Å². The van der Waals surface area contributed by atoms with Gasteiger partial charge in [0.05, 0.1) is 10.6 Å². The highest BCUT2D eigenvalue weighted by atomic mass is 32.2. The summed E-state index contributed by atoms with van der Waals surface area (Å²) in [5.74, 6) is 0. The van der Waals surface area contributed by atoms with E-state index in [2.05, 4.69) is 0 Å². The molecule has 110 valence electrons. The van der Waals surface area contributed by atoms with Crippen molar-refractivity contribution in [1.82, 2.24) is 0 Å². The number of allylic oxidation sites excluding steroid dienone is 1. The topological polar surface area (TPSA) is 61.2 Å². The highest BCUT2D eigenvalue weighted by molar-refractivity contribution is 7.95. The molecule has 1 aliphatic rings. The van der Waals surface area contributed by atoms with Crippen LogP contribution in [0, 0.1) is 25.2 Å². The molecule has 0 amide bonds. The maximum absolute atomic E-state index is 12.4. The van der Waals surface area contributed by atoms with Crippen molar-refractivity contribution in [3.63, 3.8) is 0 Å². The molecule has 0 aromatic heterocycles. The highest BCUT2D eigenvalue weighted by Gasteiger charge is 2.31. The number of nitriles is 1. The van der Waals surface area contributed by atoms with Crippen molar-refractivity contribution in [2.24, 2.45) is 0 Å². The molecule has 0 radical (unpaired) electrons. The first-order valence-electron chi connectivity index (χ1n) is 6.77. The molecule has 2 aromatic carbocycles. The fraction of sp³-hybridized carbons (Fsp3) is 0.118. The molecule has 5 heteroatoms. The van der Waals surface area contributed by atoms with Gasteiger partial charge in [0.1, 0.15) is 6.07 Å². The fourth-order valence-corrected chi connectivity index (χ4v) is 3.95. The van der Waals surface area contributed by atoms with Gasteiger partial charge in [-0.25, -0.2) is 8.42 Å². The summed E-state index contributed by atoms with van der Waals surface area (Å²) in [5.41, 5.74) is 3.56. The van der Waals surface area contributed by atoms with E-state index in [4.69, 9.17) is 0 Å². The number of para-hydroxylation sites is 1. The van der Waals surface area contributed by atoms with Gasteiger partial charge in [0.15, 0.2) is 4.91 Å². The Morgan fingerprint density at radius 1 is 1.05 bits per heavy atom. The molecule has 0 N–H and O–H groups in total. The quantitative estimate of drug-likeness (QED) is 0.807. The van der Waals surface area contributed by atoms with Crippen LogP contribution in [0.15, 0.2) is 58.5 Å². The van der Waals surface area contributed by atoms with Gasteiger partial charge in [0, 0.05) is 11.9 Å². The average Bonchev–Trinajstić information content (AvgIpc) is 2.46. The second-order valence-corrected chi connectivity index (χ2v) is 7.18. The van der Waals surface area contributed by atoms with Crippen molar-refractivity contribution >= 4 is 21.2 Å². The van der Waals surface area contributed by atoms with Crippen LogP contribution in [0.3, 0.4) is 0 Å². The number of hydrogen-bond acceptors (Lipinski definition) is 4. The fourth-order valence-electron chi connectivity index (χ4n) is 2.65. The number of aryl methyl sites for hydroxylation is 2. The predicted octanol–water partition coefficient (Wildman–Crippen LogP) is 3.59. The molecule has 0 spiro atoms. The minimum absolute atomic E-state index is 0.160. The van der Waals surface area contributed by atoms with E-state index < -0.39 is 9.84 Å². The summed E-state index contributed by atoms with van der Waals surface area (Å²) < 4.78 is 24.9. The molecular weight excluding hydrogens is 296 g/mol. The Morgan fingerprint density at radius 3 is 2.32 bits per heavy atom. The van der Waals surface area contributed by atoms with Crippen molar-refractivity contribution < 1.29 is 8.42 Å². The Bertz CT molecular complexity index is 917. The summed E-state index contributed by atoms with van der Waals surface area (Å²) in [6, 6.07) is 14.5. The van der Waals surface area contributed by atoms with Crippen LogP contribution in [0.5, 0.6) is 0 Å². The lowest BCUT2D eigenvalue weighted by molar-refractivity contribution is 0.602. The average molecular weight is 310 g/mol. The van der Waals surface area contributed by atoms with E-state index in [9.17, 15) is 13.7 Å². The van der Waals surface area contributed by atoms with Gasteiger partial charge >= 0.3 is 0 Å². The van der Waals surface area contributed by atoms with E-state index >= 15 is 0 Å². The maximum atomic E-state index is 12.4. The minimum atomic E-state index is -3.74. The maximum Gasteiger partial charge on any atom is 0.220 e. The SMILES string of the molecule is Cc1cc(C)cc(N2C=C(C#N)S(=O)(=O)c3ccccc32)c1. The number of sulfone groups is 1. The second kappa shape index (κ2) is 5.00. The van der Waals surface area contributed by atoms with Gasteiger partial charge in [-0.15, -0.1) is 0 Å². The Morgan fingerprint density at radius 2 is 1.68 bits per heavy atom. The molecule has 0 saturated heterocycles. The van der Waals surface area contributed by atoms with Crippen LogP contribution in [0.4, 0.5) is 11.4 Å². The first kappa shape index (κ1) is 14.4. The zero-order valence-electron chi connectivity index (χ0n) is 12.2.